The van der Waals surface area contributed by atoms with Gasteiger partial charge in [0, 0.05) is 6.08 Å². The molecule has 0 saturated carbocycles. The van der Waals surface area contributed by atoms with Gasteiger partial charge in [0.05, 0.1) is 18.8 Å². The molecule has 1 aromatic heterocycles. The molecule has 0 aliphatic carbocycles. The summed E-state index contributed by atoms with van der Waals surface area (Å²) in [6.07, 6.45) is 2.68. The molecule has 0 spiro atoms. The largest absolute Gasteiger partial charge is 0.462 e. The number of amides is 1. The summed E-state index contributed by atoms with van der Waals surface area (Å²) >= 11 is 0.884. The number of benzene rings is 1. The maximum atomic E-state index is 12.4. The van der Waals surface area contributed by atoms with Crippen molar-refractivity contribution >= 4 is 46.2 Å². The molecule has 0 bridgehead atoms. The van der Waals surface area contributed by atoms with Crippen molar-refractivity contribution < 1.29 is 42.9 Å². The predicted molar refractivity (Wildman–Crippen MR) is 122 cm³/mol. The molecule has 34 heavy (non-hydrogen) atoms. The third-order valence-corrected chi connectivity index (χ3v) is 5.68. The van der Waals surface area contributed by atoms with E-state index in [0.29, 0.717) is 22.6 Å². The van der Waals surface area contributed by atoms with E-state index >= 15 is 0 Å². The molecular weight excluding hydrogens is 466 g/mol. The molecule has 0 radical (unpaired) electrons. The van der Waals surface area contributed by atoms with Crippen molar-refractivity contribution in [3.63, 3.8) is 0 Å². The standard InChI is InChI=1S/C23H23NO9S/c1-4-29-22(27)19-13(3)20(23(28)30-5-2)34-21(19)24-17(25)11-31-18(26)9-7-14-6-8-15-16(10-14)33-12-32-15/h6-10H,4-5,11-12H2,1-3H3,(H,24,25). The van der Waals surface area contributed by atoms with Crippen LogP contribution in [0, 0.1) is 6.92 Å². The van der Waals surface area contributed by atoms with Gasteiger partial charge in [-0.1, -0.05) is 6.07 Å². The average molecular weight is 490 g/mol. The van der Waals surface area contributed by atoms with Crippen LogP contribution in [0.1, 0.15) is 45.0 Å². The van der Waals surface area contributed by atoms with Gasteiger partial charge in [0.25, 0.3) is 5.91 Å². The minimum absolute atomic E-state index is 0.0530. The van der Waals surface area contributed by atoms with Crippen molar-refractivity contribution in [2.45, 2.75) is 20.8 Å². The van der Waals surface area contributed by atoms with E-state index < -0.39 is 30.4 Å². The number of hydrogen-bond acceptors (Lipinski definition) is 10. The summed E-state index contributed by atoms with van der Waals surface area (Å²) in [4.78, 5) is 49.1. The van der Waals surface area contributed by atoms with Crippen molar-refractivity contribution in [3.8, 4) is 11.5 Å². The van der Waals surface area contributed by atoms with E-state index in [1.165, 1.54) is 12.2 Å². The van der Waals surface area contributed by atoms with Crippen LogP contribution in [0.2, 0.25) is 0 Å². The van der Waals surface area contributed by atoms with Crippen LogP contribution in [-0.2, 0) is 23.8 Å². The first-order valence-corrected chi connectivity index (χ1v) is 11.2. The van der Waals surface area contributed by atoms with Crippen LogP contribution >= 0.6 is 11.3 Å². The van der Waals surface area contributed by atoms with Crippen molar-refractivity contribution in [2.75, 3.05) is 31.9 Å². The number of carbonyl (C=O) groups is 4. The third kappa shape index (κ3) is 5.93. The van der Waals surface area contributed by atoms with Crippen molar-refractivity contribution in [2.24, 2.45) is 0 Å². The Balaban J connectivity index is 1.63. The highest BCUT2D eigenvalue weighted by molar-refractivity contribution is 7.18. The Hall–Kier alpha value is -3.86. The summed E-state index contributed by atoms with van der Waals surface area (Å²) in [7, 11) is 0. The molecule has 10 nitrogen and oxygen atoms in total. The van der Waals surface area contributed by atoms with Crippen molar-refractivity contribution in [1.29, 1.82) is 0 Å². The van der Waals surface area contributed by atoms with Gasteiger partial charge in [0.1, 0.15) is 9.88 Å². The van der Waals surface area contributed by atoms with E-state index in [2.05, 4.69) is 5.32 Å². The summed E-state index contributed by atoms with van der Waals surface area (Å²) in [5, 5.41) is 2.61. The van der Waals surface area contributed by atoms with Crippen LogP contribution in [0.25, 0.3) is 6.08 Å². The molecule has 1 N–H and O–H groups in total. The van der Waals surface area contributed by atoms with Crippen LogP contribution < -0.4 is 14.8 Å². The van der Waals surface area contributed by atoms with Gasteiger partial charge in [-0.2, -0.15) is 0 Å². The Bertz CT molecular complexity index is 1140. The Kier molecular flexibility index (Phi) is 8.25. The maximum absolute atomic E-state index is 12.4. The van der Waals surface area contributed by atoms with Gasteiger partial charge < -0.3 is 29.0 Å². The third-order valence-electron chi connectivity index (χ3n) is 4.49. The highest BCUT2D eigenvalue weighted by atomic mass is 32.1. The lowest BCUT2D eigenvalue weighted by Gasteiger charge is -2.07. The van der Waals surface area contributed by atoms with Crippen molar-refractivity contribution in [3.05, 3.63) is 45.8 Å². The maximum Gasteiger partial charge on any atom is 0.348 e. The first kappa shape index (κ1) is 24.8. The number of thiophene rings is 1. The Labute approximate surface area is 199 Å². The summed E-state index contributed by atoms with van der Waals surface area (Å²) in [5.41, 5.74) is 1.07. The quantitative estimate of drug-likeness (QED) is 0.321. The molecule has 3 rings (SSSR count). The van der Waals surface area contributed by atoms with Crippen LogP contribution in [0.5, 0.6) is 11.5 Å². The number of hydrogen-bond donors (Lipinski definition) is 1. The zero-order chi connectivity index (χ0) is 24.7. The fourth-order valence-electron chi connectivity index (χ4n) is 2.97. The lowest BCUT2D eigenvalue weighted by Crippen LogP contribution is -2.21. The lowest BCUT2D eigenvalue weighted by molar-refractivity contribution is -0.142. The molecule has 0 unspecified atom stereocenters. The monoisotopic (exact) mass is 489 g/mol. The smallest absolute Gasteiger partial charge is 0.348 e. The van der Waals surface area contributed by atoms with E-state index in [0.717, 1.165) is 11.3 Å². The van der Waals surface area contributed by atoms with Gasteiger partial charge >= 0.3 is 17.9 Å². The Morgan fingerprint density at radius 2 is 1.74 bits per heavy atom. The van der Waals surface area contributed by atoms with E-state index in [4.69, 9.17) is 23.7 Å². The van der Waals surface area contributed by atoms with Gasteiger partial charge in [-0.15, -0.1) is 11.3 Å². The molecular formula is C23H23NO9S. The zero-order valence-electron chi connectivity index (χ0n) is 18.8. The van der Waals surface area contributed by atoms with E-state index in [1.807, 2.05) is 0 Å². The fraction of sp³-hybridized carbons (Fsp3) is 0.304. The second-order valence-electron chi connectivity index (χ2n) is 6.80. The topological polar surface area (TPSA) is 126 Å². The van der Waals surface area contributed by atoms with Crippen LogP contribution in [0.4, 0.5) is 5.00 Å². The number of carbonyl (C=O) groups excluding carboxylic acids is 4. The highest BCUT2D eigenvalue weighted by Gasteiger charge is 2.27. The van der Waals surface area contributed by atoms with Gasteiger partial charge in [-0.3, -0.25) is 4.79 Å². The summed E-state index contributed by atoms with van der Waals surface area (Å²) in [6, 6.07) is 5.16. The zero-order valence-corrected chi connectivity index (χ0v) is 19.6. The van der Waals surface area contributed by atoms with Gasteiger partial charge in [-0.05, 0) is 50.1 Å². The molecule has 1 aliphatic rings. The average Bonchev–Trinajstić information content (AvgIpc) is 3.40. The van der Waals surface area contributed by atoms with Gasteiger partial charge in [0.15, 0.2) is 18.1 Å². The number of fused-ring (bicyclic) bond motifs is 1. The Morgan fingerprint density at radius 1 is 1.03 bits per heavy atom. The first-order valence-electron chi connectivity index (χ1n) is 10.4. The second kappa shape index (κ2) is 11.3. The number of ether oxygens (including phenoxy) is 5. The fourth-order valence-corrected chi connectivity index (χ4v) is 4.08. The SMILES string of the molecule is CCOC(=O)c1sc(NC(=O)COC(=O)C=Cc2ccc3c(c2)OCO3)c(C(=O)OCC)c1C. The number of anilines is 1. The minimum atomic E-state index is -0.743. The van der Waals surface area contributed by atoms with Gasteiger partial charge in [-0.25, -0.2) is 14.4 Å². The van der Waals surface area contributed by atoms with Gasteiger partial charge in [0.2, 0.25) is 6.79 Å². The predicted octanol–water partition coefficient (Wildman–Crippen LogP) is 3.33. The Morgan fingerprint density at radius 3 is 2.47 bits per heavy atom. The van der Waals surface area contributed by atoms with Crippen LogP contribution in [0.3, 0.4) is 0 Å². The van der Waals surface area contributed by atoms with E-state index in [-0.39, 0.29) is 35.4 Å². The normalized spacial score (nSPS) is 11.9. The minimum Gasteiger partial charge on any atom is -0.462 e. The molecule has 0 atom stereocenters. The molecule has 1 aromatic carbocycles. The molecule has 2 aromatic rings. The number of esters is 3. The van der Waals surface area contributed by atoms with Crippen LogP contribution in [-0.4, -0.2) is 50.4 Å². The molecule has 11 heteroatoms. The van der Waals surface area contributed by atoms with E-state index in [9.17, 15) is 19.2 Å². The van der Waals surface area contributed by atoms with Crippen LogP contribution in [0.15, 0.2) is 24.3 Å². The van der Waals surface area contributed by atoms with Crippen molar-refractivity contribution in [1.82, 2.24) is 0 Å². The molecule has 1 amide bonds. The lowest BCUT2D eigenvalue weighted by atomic mass is 10.1. The van der Waals surface area contributed by atoms with E-state index in [1.54, 1.807) is 39.0 Å². The highest BCUT2D eigenvalue weighted by Crippen LogP contribution is 2.34. The second-order valence-corrected chi connectivity index (χ2v) is 7.82. The molecule has 180 valence electrons. The molecule has 0 fully saturated rings. The summed E-state index contributed by atoms with van der Waals surface area (Å²) in [6.45, 7) is 4.67. The summed E-state index contributed by atoms with van der Waals surface area (Å²) in [5.74, 6) is -1.55. The number of nitrogens with one attached hydrogen (secondary N) is 1. The molecule has 2 heterocycles. The molecule has 1 aliphatic heterocycles. The molecule has 0 saturated heterocycles. The first-order chi connectivity index (χ1) is 16.3. The number of rotatable bonds is 9. The summed E-state index contributed by atoms with van der Waals surface area (Å²) < 4.78 is 25.5.